The van der Waals surface area contributed by atoms with Crippen molar-refractivity contribution in [1.82, 2.24) is 15.1 Å². The van der Waals surface area contributed by atoms with Crippen LogP contribution in [0.4, 0.5) is 5.69 Å². The number of nitrogens with zero attached hydrogens (tertiary/aromatic N) is 3. The maximum Gasteiger partial charge on any atom is 0.255 e. The number of benzene rings is 2. The SMILES string of the molecule is N/C=C(\C=Nc1cccc(C2CCOCC2)c1)CN1CC[C@H](Oc2ccc3c(c2)CN(C2CCC(=O)NC2=O)C3=O)C1. The molecule has 10 nitrogen and oxygen atoms in total. The molecule has 10 heteroatoms. The number of carbonyl (C=O) groups is 3. The van der Waals surface area contributed by atoms with Crippen molar-refractivity contribution >= 4 is 29.6 Å². The summed E-state index contributed by atoms with van der Waals surface area (Å²) in [7, 11) is 0. The molecule has 1 unspecified atom stereocenters. The molecule has 0 spiro atoms. The van der Waals surface area contributed by atoms with E-state index in [2.05, 4.69) is 28.4 Å². The number of hydrogen-bond donors (Lipinski definition) is 2. The zero-order valence-electron chi connectivity index (χ0n) is 23.7. The Morgan fingerprint density at radius 2 is 1.95 bits per heavy atom. The van der Waals surface area contributed by atoms with Crippen molar-refractivity contribution in [3.05, 3.63) is 70.9 Å². The van der Waals surface area contributed by atoms with Gasteiger partial charge in [0.2, 0.25) is 11.8 Å². The first kappa shape index (κ1) is 28.1. The molecule has 0 bridgehead atoms. The second kappa shape index (κ2) is 12.5. The van der Waals surface area contributed by atoms with Crippen LogP contribution in [-0.2, 0) is 20.9 Å². The molecule has 0 radical (unpaired) electrons. The van der Waals surface area contributed by atoms with Gasteiger partial charge in [-0.15, -0.1) is 0 Å². The molecule has 3 amide bonds. The van der Waals surface area contributed by atoms with Gasteiger partial charge in [-0.25, -0.2) is 0 Å². The first-order chi connectivity index (χ1) is 20.5. The molecular formula is C32H37N5O5. The van der Waals surface area contributed by atoms with Gasteiger partial charge in [0.1, 0.15) is 17.9 Å². The number of imide groups is 1. The van der Waals surface area contributed by atoms with Gasteiger partial charge < -0.3 is 20.1 Å². The van der Waals surface area contributed by atoms with E-state index in [-0.39, 0.29) is 24.3 Å². The minimum absolute atomic E-state index is 0.0125. The van der Waals surface area contributed by atoms with Gasteiger partial charge in [-0.2, -0.15) is 0 Å². The van der Waals surface area contributed by atoms with E-state index in [4.69, 9.17) is 20.2 Å². The molecule has 2 aromatic rings. The summed E-state index contributed by atoms with van der Waals surface area (Å²) in [5.41, 5.74) is 10.6. The van der Waals surface area contributed by atoms with E-state index in [9.17, 15) is 14.4 Å². The van der Waals surface area contributed by atoms with Crippen molar-refractivity contribution in [1.29, 1.82) is 0 Å². The average molecular weight is 572 g/mol. The van der Waals surface area contributed by atoms with Gasteiger partial charge in [0.25, 0.3) is 5.91 Å². The highest BCUT2D eigenvalue weighted by molar-refractivity contribution is 6.05. The Morgan fingerprint density at radius 3 is 2.76 bits per heavy atom. The Kier molecular flexibility index (Phi) is 8.34. The molecule has 6 rings (SSSR count). The van der Waals surface area contributed by atoms with Gasteiger partial charge in [0.15, 0.2) is 0 Å². The number of amides is 3. The van der Waals surface area contributed by atoms with Gasteiger partial charge in [-0.05, 0) is 84.8 Å². The molecule has 4 heterocycles. The lowest BCUT2D eigenvalue weighted by Crippen LogP contribution is -2.52. The smallest absolute Gasteiger partial charge is 0.255 e. The van der Waals surface area contributed by atoms with E-state index < -0.39 is 11.9 Å². The zero-order chi connectivity index (χ0) is 29.1. The van der Waals surface area contributed by atoms with Gasteiger partial charge in [-0.1, -0.05) is 12.1 Å². The lowest BCUT2D eigenvalue weighted by Gasteiger charge is -2.29. The van der Waals surface area contributed by atoms with Crippen LogP contribution in [0.5, 0.6) is 5.75 Å². The lowest BCUT2D eigenvalue weighted by atomic mass is 9.91. The van der Waals surface area contributed by atoms with E-state index in [0.717, 1.165) is 62.4 Å². The molecule has 4 aliphatic rings. The summed E-state index contributed by atoms with van der Waals surface area (Å²) in [6.45, 7) is 4.27. The summed E-state index contributed by atoms with van der Waals surface area (Å²) in [5.74, 6) is 0.346. The van der Waals surface area contributed by atoms with E-state index >= 15 is 0 Å². The fourth-order valence-electron chi connectivity index (χ4n) is 6.30. The molecule has 0 saturated carbocycles. The van der Waals surface area contributed by atoms with Crippen molar-refractivity contribution in [3.63, 3.8) is 0 Å². The van der Waals surface area contributed by atoms with Crippen molar-refractivity contribution < 1.29 is 23.9 Å². The number of piperidine rings is 1. The monoisotopic (exact) mass is 571 g/mol. The quantitative estimate of drug-likeness (QED) is 0.368. The number of rotatable bonds is 8. The first-order valence-corrected chi connectivity index (χ1v) is 14.8. The van der Waals surface area contributed by atoms with E-state index in [0.29, 0.717) is 36.7 Å². The zero-order valence-corrected chi connectivity index (χ0v) is 23.7. The fraction of sp³-hybridized carbons (Fsp3) is 0.438. The molecule has 3 fully saturated rings. The van der Waals surface area contributed by atoms with Gasteiger partial charge >= 0.3 is 0 Å². The minimum atomic E-state index is -0.625. The van der Waals surface area contributed by atoms with Crippen LogP contribution in [-0.4, -0.2) is 78.7 Å². The molecule has 0 aliphatic carbocycles. The van der Waals surface area contributed by atoms with E-state index in [1.807, 2.05) is 24.4 Å². The third-order valence-electron chi connectivity index (χ3n) is 8.59. The van der Waals surface area contributed by atoms with Gasteiger partial charge in [-0.3, -0.25) is 29.6 Å². The summed E-state index contributed by atoms with van der Waals surface area (Å²) < 4.78 is 11.8. The first-order valence-electron chi connectivity index (χ1n) is 14.8. The number of nitrogens with one attached hydrogen (secondary N) is 1. The predicted octanol–water partition coefficient (Wildman–Crippen LogP) is 3.04. The van der Waals surface area contributed by atoms with Crippen LogP contribution >= 0.6 is 0 Å². The second-order valence-electron chi connectivity index (χ2n) is 11.5. The van der Waals surface area contributed by atoms with Crippen LogP contribution in [0.1, 0.15) is 59.5 Å². The fourth-order valence-corrected chi connectivity index (χ4v) is 6.30. The minimum Gasteiger partial charge on any atom is -0.489 e. The van der Waals surface area contributed by atoms with Crippen LogP contribution in [0.3, 0.4) is 0 Å². The van der Waals surface area contributed by atoms with Crippen molar-refractivity contribution in [3.8, 4) is 5.75 Å². The molecule has 2 atom stereocenters. The largest absolute Gasteiger partial charge is 0.489 e. The number of likely N-dealkylation sites (tertiary alicyclic amines) is 1. The molecule has 3 saturated heterocycles. The third kappa shape index (κ3) is 6.24. The standard InChI is InChI=1S/C32H37N5O5/c33-16-21(17-34-25-3-1-2-23(14-25)22-9-12-41-13-10-22)18-36-11-8-27(20-36)42-26-4-5-28-24(15-26)19-37(32(28)40)29-6-7-30(38)35-31(29)39/h1-5,14-17,22,27,29H,6-13,18-20,33H2,(H,35,38,39)/b21-16+,34-17?/t27-,29?/m0/s1. The third-order valence-corrected chi connectivity index (χ3v) is 8.59. The highest BCUT2D eigenvalue weighted by atomic mass is 16.5. The number of carbonyl (C=O) groups excluding carboxylic acids is 3. The van der Waals surface area contributed by atoms with Crippen LogP contribution in [0.15, 0.2) is 59.2 Å². The van der Waals surface area contributed by atoms with Crippen molar-refractivity contribution in [2.24, 2.45) is 10.7 Å². The second-order valence-corrected chi connectivity index (χ2v) is 11.5. The van der Waals surface area contributed by atoms with Crippen LogP contribution in [0.25, 0.3) is 0 Å². The predicted molar refractivity (Wildman–Crippen MR) is 158 cm³/mol. The highest BCUT2D eigenvalue weighted by Gasteiger charge is 2.39. The summed E-state index contributed by atoms with van der Waals surface area (Å²) in [5, 5.41) is 2.34. The summed E-state index contributed by atoms with van der Waals surface area (Å²) >= 11 is 0. The Morgan fingerprint density at radius 1 is 1.10 bits per heavy atom. The van der Waals surface area contributed by atoms with Crippen LogP contribution in [0.2, 0.25) is 0 Å². The van der Waals surface area contributed by atoms with E-state index in [1.165, 1.54) is 5.56 Å². The summed E-state index contributed by atoms with van der Waals surface area (Å²) in [6.07, 6.45) is 7.03. The maximum absolute atomic E-state index is 13.0. The highest BCUT2D eigenvalue weighted by Crippen LogP contribution is 2.32. The summed E-state index contributed by atoms with van der Waals surface area (Å²) in [6, 6.07) is 13.3. The summed E-state index contributed by atoms with van der Waals surface area (Å²) in [4.78, 5) is 45.4. The molecule has 42 heavy (non-hydrogen) atoms. The Hall–Kier alpha value is -4.02. The van der Waals surface area contributed by atoms with Crippen molar-refractivity contribution in [2.75, 3.05) is 32.8 Å². The lowest BCUT2D eigenvalue weighted by molar-refractivity contribution is -0.136. The Labute approximate surface area is 245 Å². The Balaban J connectivity index is 1.02. The molecule has 4 aliphatic heterocycles. The molecule has 3 N–H and O–H groups in total. The number of hydrogen-bond acceptors (Lipinski definition) is 8. The van der Waals surface area contributed by atoms with Crippen LogP contribution < -0.4 is 15.8 Å². The maximum atomic E-state index is 13.0. The Bertz CT molecular complexity index is 1420. The molecule has 220 valence electrons. The average Bonchev–Trinajstić information content (AvgIpc) is 3.58. The number of ether oxygens (including phenoxy) is 2. The van der Waals surface area contributed by atoms with E-state index in [1.54, 1.807) is 17.2 Å². The normalized spacial score (nSPS) is 24.0. The van der Waals surface area contributed by atoms with Crippen molar-refractivity contribution in [2.45, 2.75) is 56.7 Å². The number of fused-ring (bicyclic) bond motifs is 1. The topological polar surface area (TPSA) is 127 Å². The number of aliphatic imine (C=N–C) groups is 1. The van der Waals surface area contributed by atoms with Crippen LogP contribution in [0, 0.1) is 0 Å². The van der Waals surface area contributed by atoms with Gasteiger partial charge in [0, 0.05) is 57.6 Å². The molecule has 0 aromatic heterocycles. The molecule has 2 aromatic carbocycles. The number of nitrogens with two attached hydrogens (primary N) is 1. The van der Waals surface area contributed by atoms with Gasteiger partial charge in [0.05, 0.1) is 5.69 Å². The molecular weight excluding hydrogens is 534 g/mol.